The molecule has 8 nitrogen and oxygen atoms in total. The average molecular weight is 492 g/mol. The molecular weight excluding hydrogens is 463 g/mol. The molecule has 1 aromatic heterocycles. The quantitative estimate of drug-likeness (QED) is 0.574. The third-order valence-corrected chi connectivity index (χ3v) is 6.67. The SMILES string of the molecule is Nc1ccc(=O)n(C2CCC(N3CC(NC(=O)CNC(=O)c4cccc(C(F)(F)F)c4)C3)CC2)c1. The van der Waals surface area contributed by atoms with Gasteiger partial charge >= 0.3 is 6.18 Å². The minimum atomic E-state index is -4.55. The molecule has 4 rings (SSSR count). The second-order valence-electron chi connectivity index (χ2n) is 9.15. The van der Waals surface area contributed by atoms with Crippen molar-refractivity contribution in [1.29, 1.82) is 0 Å². The summed E-state index contributed by atoms with van der Waals surface area (Å²) < 4.78 is 40.1. The number of anilines is 1. The van der Waals surface area contributed by atoms with Crippen LogP contribution < -0.4 is 21.9 Å². The van der Waals surface area contributed by atoms with Crippen molar-refractivity contribution in [2.75, 3.05) is 25.4 Å². The second-order valence-corrected chi connectivity index (χ2v) is 9.15. The van der Waals surface area contributed by atoms with Crippen LogP contribution in [0.25, 0.3) is 0 Å². The zero-order valence-corrected chi connectivity index (χ0v) is 19.1. The van der Waals surface area contributed by atoms with Crippen LogP contribution in [0.5, 0.6) is 0 Å². The number of rotatable bonds is 6. The summed E-state index contributed by atoms with van der Waals surface area (Å²) in [5.74, 6) is -1.13. The molecule has 1 saturated carbocycles. The highest BCUT2D eigenvalue weighted by atomic mass is 19.4. The molecule has 0 spiro atoms. The van der Waals surface area contributed by atoms with E-state index < -0.39 is 17.6 Å². The van der Waals surface area contributed by atoms with E-state index in [0.717, 1.165) is 43.9 Å². The van der Waals surface area contributed by atoms with Crippen LogP contribution in [0.15, 0.2) is 47.4 Å². The number of benzene rings is 1. The van der Waals surface area contributed by atoms with E-state index in [-0.39, 0.29) is 35.7 Å². The monoisotopic (exact) mass is 491 g/mol. The van der Waals surface area contributed by atoms with Gasteiger partial charge in [-0.2, -0.15) is 13.2 Å². The first-order valence-electron chi connectivity index (χ1n) is 11.6. The lowest BCUT2D eigenvalue weighted by Gasteiger charge is -2.46. The Kier molecular flexibility index (Phi) is 7.15. The van der Waals surface area contributed by atoms with Crippen LogP contribution in [0.2, 0.25) is 0 Å². The number of halogens is 3. The number of hydrogen-bond donors (Lipinski definition) is 3. The molecule has 1 saturated heterocycles. The topological polar surface area (TPSA) is 109 Å². The van der Waals surface area contributed by atoms with Crippen LogP contribution in [0.3, 0.4) is 0 Å². The largest absolute Gasteiger partial charge is 0.416 e. The molecule has 11 heteroatoms. The zero-order valence-electron chi connectivity index (χ0n) is 19.1. The molecule has 1 aliphatic carbocycles. The lowest BCUT2D eigenvalue weighted by molar-refractivity contribution is -0.137. The van der Waals surface area contributed by atoms with Crippen molar-refractivity contribution in [2.45, 2.75) is 50.0 Å². The molecule has 0 bridgehead atoms. The zero-order chi connectivity index (χ0) is 25.2. The smallest absolute Gasteiger partial charge is 0.398 e. The Morgan fingerprint density at radius 2 is 1.71 bits per heavy atom. The fraction of sp³-hybridized carbons (Fsp3) is 0.458. The number of likely N-dealkylation sites (tertiary alicyclic amines) is 1. The summed E-state index contributed by atoms with van der Waals surface area (Å²) in [6, 6.07) is 7.65. The van der Waals surface area contributed by atoms with E-state index in [1.807, 2.05) is 0 Å². The van der Waals surface area contributed by atoms with E-state index in [9.17, 15) is 27.6 Å². The molecule has 2 fully saturated rings. The van der Waals surface area contributed by atoms with E-state index in [0.29, 0.717) is 24.8 Å². The average Bonchev–Trinajstić information content (AvgIpc) is 2.81. The third kappa shape index (κ3) is 6.02. The summed E-state index contributed by atoms with van der Waals surface area (Å²) >= 11 is 0. The number of carbonyl (C=O) groups excluding carboxylic acids is 2. The van der Waals surface area contributed by atoms with Gasteiger partial charge in [0.05, 0.1) is 18.2 Å². The normalized spacial score (nSPS) is 21.2. The Morgan fingerprint density at radius 1 is 1.03 bits per heavy atom. The highest BCUT2D eigenvalue weighted by Gasteiger charge is 2.35. The number of amides is 2. The maximum Gasteiger partial charge on any atom is 0.416 e. The Bertz CT molecular complexity index is 1140. The van der Waals surface area contributed by atoms with Crippen LogP contribution in [0, 0.1) is 0 Å². The first-order valence-corrected chi connectivity index (χ1v) is 11.6. The number of nitrogen functional groups attached to an aromatic ring is 1. The highest BCUT2D eigenvalue weighted by Crippen LogP contribution is 2.32. The Morgan fingerprint density at radius 3 is 2.40 bits per heavy atom. The van der Waals surface area contributed by atoms with E-state index in [4.69, 9.17) is 5.73 Å². The lowest BCUT2D eigenvalue weighted by atomic mass is 9.87. The molecular formula is C24H28F3N5O3. The van der Waals surface area contributed by atoms with Crippen LogP contribution >= 0.6 is 0 Å². The van der Waals surface area contributed by atoms with Gasteiger partial charge in [-0.3, -0.25) is 19.3 Å². The number of hydrogen-bond acceptors (Lipinski definition) is 5. The van der Waals surface area contributed by atoms with Crippen molar-refractivity contribution in [2.24, 2.45) is 0 Å². The van der Waals surface area contributed by atoms with Crippen molar-refractivity contribution in [3.8, 4) is 0 Å². The van der Waals surface area contributed by atoms with Gasteiger partial charge in [0.25, 0.3) is 11.5 Å². The van der Waals surface area contributed by atoms with Gasteiger partial charge in [-0.15, -0.1) is 0 Å². The molecule has 4 N–H and O–H groups in total. The number of carbonyl (C=O) groups is 2. The van der Waals surface area contributed by atoms with Crippen LogP contribution in [0.4, 0.5) is 18.9 Å². The number of nitrogens with one attached hydrogen (secondary N) is 2. The third-order valence-electron chi connectivity index (χ3n) is 6.67. The Balaban J connectivity index is 1.17. The van der Waals surface area contributed by atoms with E-state index in [1.54, 1.807) is 16.8 Å². The van der Waals surface area contributed by atoms with Crippen molar-refractivity contribution in [3.63, 3.8) is 0 Å². The molecule has 2 heterocycles. The van der Waals surface area contributed by atoms with Crippen molar-refractivity contribution < 1.29 is 22.8 Å². The van der Waals surface area contributed by atoms with Gasteiger partial charge in [-0.1, -0.05) is 6.07 Å². The molecule has 0 unspecified atom stereocenters. The summed E-state index contributed by atoms with van der Waals surface area (Å²) in [6.45, 7) is 1.08. The first kappa shape index (κ1) is 24.8. The molecule has 1 aliphatic heterocycles. The van der Waals surface area contributed by atoms with Crippen molar-refractivity contribution in [1.82, 2.24) is 20.1 Å². The number of nitrogens with zero attached hydrogens (tertiary/aromatic N) is 2. The second kappa shape index (κ2) is 10.1. The van der Waals surface area contributed by atoms with Gasteiger partial charge in [0.15, 0.2) is 0 Å². The van der Waals surface area contributed by atoms with Gasteiger partial charge in [0.1, 0.15) is 0 Å². The van der Waals surface area contributed by atoms with E-state index >= 15 is 0 Å². The number of nitrogens with two attached hydrogens (primary N) is 1. The summed E-state index contributed by atoms with van der Waals surface area (Å²) in [7, 11) is 0. The van der Waals surface area contributed by atoms with Crippen molar-refractivity contribution in [3.05, 3.63) is 64.1 Å². The number of aromatic nitrogens is 1. The molecule has 35 heavy (non-hydrogen) atoms. The molecule has 2 aliphatic rings. The predicted octanol–water partition coefficient (Wildman–Crippen LogP) is 2.16. The molecule has 0 radical (unpaired) electrons. The molecule has 2 amide bonds. The fourth-order valence-corrected chi connectivity index (χ4v) is 4.79. The minimum absolute atomic E-state index is 0.0396. The van der Waals surface area contributed by atoms with Gasteiger partial charge in [0, 0.05) is 48.7 Å². The molecule has 0 atom stereocenters. The maximum atomic E-state index is 12.8. The number of pyridine rings is 1. The standard InChI is InChI=1S/C24H28F3N5O3/c25-24(26,27)16-3-1-2-15(10-16)23(35)29-11-21(33)30-18-13-31(14-18)19-5-7-20(8-6-19)32-12-17(28)4-9-22(32)34/h1-4,9-10,12,18-20H,5-8,11,13-14,28H2,(H,29,35)(H,30,33). The lowest BCUT2D eigenvalue weighted by Crippen LogP contribution is -2.63. The van der Waals surface area contributed by atoms with Gasteiger partial charge in [-0.05, 0) is 49.9 Å². The van der Waals surface area contributed by atoms with Crippen LogP contribution in [0.1, 0.15) is 47.6 Å². The predicted molar refractivity (Wildman–Crippen MR) is 124 cm³/mol. The maximum absolute atomic E-state index is 12.8. The van der Waals surface area contributed by atoms with E-state index in [1.165, 1.54) is 12.1 Å². The Labute approximate surface area is 200 Å². The number of alkyl halides is 3. The summed E-state index contributed by atoms with van der Waals surface area (Å²) in [5.41, 5.74) is 5.27. The van der Waals surface area contributed by atoms with Crippen molar-refractivity contribution >= 4 is 17.5 Å². The summed E-state index contributed by atoms with van der Waals surface area (Å²) in [5, 5.41) is 5.21. The Hall–Kier alpha value is -3.34. The highest BCUT2D eigenvalue weighted by molar-refractivity contribution is 5.96. The summed E-state index contributed by atoms with van der Waals surface area (Å²) in [6.07, 6.45) is 0.802. The van der Waals surface area contributed by atoms with E-state index in [2.05, 4.69) is 15.5 Å². The summed E-state index contributed by atoms with van der Waals surface area (Å²) in [4.78, 5) is 38.7. The fourth-order valence-electron chi connectivity index (χ4n) is 4.79. The molecule has 2 aromatic rings. The first-order chi connectivity index (χ1) is 16.6. The van der Waals surface area contributed by atoms with Gasteiger partial charge in [0.2, 0.25) is 5.91 Å². The molecule has 188 valence electrons. The van der Waals surface area contributed by atoms with Gasteiger partial charge < -0.3 is 20.9 Å². The van der Waals surface area contributed by atoms with Crippen LogP contribution in [-0.2, 0) is 11.0 Å². The van der Waals surface area contributed by atoms with Gasteiger partial charge in [-0.25, -0.2) is 0 Å². The van der Waals surface area contributed by atoms with Crippen LogP contribution in [-0.4, -0.2) is 53.0 Å². The minimum Gasteiger partial charge on any atom is -0.398 e. The molecule has 1 aromatic carbocycles.